The predicted molar refractivity (Wildman–Crippen MR) is 78.3 cm³/mol. The average molecular weight is 352 g/mol. The number of esters is 1. The molecule has 6 nitrogen and oxygen atoms in total. The Balaban J connectivity index is 2.38. The third-order valence-electron chi connectivity index (χ3n) is 3.15. The van der Waals surface area contributed by atoms with Crippen molar-refractivity contribution in [3.05, 3.63) is 28.8 Å². The summed E-state index contributed by atoms with van der Waals surface area (Å²) in [5.74, 6) is -1.01. The molecule has 1 heterocycles. The van der Waals surface area contributed by atoms with Crippen LogP contribution in [-0.4, -0.2) is 39.2 Å². The molecule has 21 heavy (non-hydrogen) atoms. The number of ether oxygens (including phenoxy) is 1. The lowest BCUT2D eigenvalue weighted by Crippen LogP contribution is -2.27. The van der Waals surface area contributed by atoms with Crippen molar-refractivity contribution < 1.29 is 22.7 Å². The van der Waals surface area contributed by atoms with Crippen LogP contribution < -0.4 is 4.90 Å². The van der Waals surface area contributed by atoms with E-state index in [4.69, 9.17) is 22.3 Å². The van der Waals surface area contributed by atoms with Crippen molar-refractivity contribution in [3.63, 3.8) is 0 Å². The predicted octanol–water partition coefficient (Wildman–Crippen LogP) is 1.80. The number of nitrogens with zero attached hydrogens (tertiary/aromatic N) is 1. The molecule has 0 spiro atoms. The molecule has 2 rings (SSSR count). The summed E-state index contributed by atoms with van der Waals surface area (Å²) in [6.45, 7) is -0.102. The number of benzene rings is 1. The van der Waals surface area contributed by atoms with E-state index in [9.17, 15) is 18.0 Å². The highest BCUT2D eigenvalue weighted by molar-refractivity contribution is 8.14. The maximum absolute atomic E-state index is 12.0. The number of hydrogen-bond acceptors (Lipinski definition) is 5. The second kappa shape index (κ2) is 5.82. The minimum atomic E-state index is -3.85. The van der Waals surface area contributed by atoms with E-state index in [1.165, 1.54) is 30.2 Å². The van der Waals surface area contributed by atoms with Crippen LogP contribution in [0.25, 0.3) is 0 Å². The summed E-state index contributed by atoms with van der Waals surface area (Å²) in [6, 6.07) is 4.28. The standard InChI is InChI=1S/C12H11Cl2NO5S/c1-20-12(17)7-2-3-9(13)10(4-7)15-6-8(5-11(15)16)21(14,18)19/h2-4,8H,5-6H2,1H3. The van der Waals surface area contributed by atoms with Gasteiger partial charge in [0.25, 0.3) is 0 Å². The summed E-state index contributed by atoms with van der Waals surface area (Å²) >= 11 is 6.02. The fraction of sp³-hybridized carbons (Fsp3) is 0.333. The smallest absolute Gasteiger partial charge is 0.337 e. The summed E-state index contributed by atoms with van der Waals surface area (Å²) in [6.07, 6.45) is -0.218. The van der Waals surface area contributed by atoms with Gasteiger partial charge in [0.15, 0.2) is 0 Å². The van der Waals surface area contributed by atoms with Crippen molar-refractivity contribution in [2.24, 2.45) is 0 Å². The fourth-order valence-electron chi connectivity index (χ4n) is 2.06. The van der Waals surface area contributed by atoms with Gasteiger partial charge in [0.2, 0.25) is 15.0 Å². The van der Waals surface area contributed by atoms with Crippen molar-refractivity contribution in [2.45, 2.75) is 11.7 Å². The average Bonchev–Trinajstić information content (AvgIpc) is 2.80. The zero-order chi connectivity index (χ0) is 15.8. The van der Waals surface area contributed by atoms with Gasteiger partial charge in [-0.25, -0.2) is 13.2 Å². The Kier molecular flexibility index (Phi) is 4.46. The second-order valence-electron chi connectivity index (χ2n) is 4.46. The number of rotatable bonds is 3. The molecule has 0 N–H and O–H groups in total. The van der Waals surface area contributed by atoms with Gasteiger partial charge in [0, 0.05) is 23.6 Å². The first-order valence-electron chi connectivity index (χ1n) is 5.85. The van der Waals surface area contributed by atoms with Gasteiger partial charge in [-0.2, -0.15) is 0 Å². The van der Waals surface area contributed by atoms with Crippen molar-refractivity contribution in [1.29, 1.82) is 0 Å². The Hall–Kier alpha value is -1.31. The molecule has 114 valence electrons. The molecule has 1 atom stereocenters. The molecule has 0 bridgehead atoms. The van der Waals surface area contributed by atoms with E-state index < -0.39 is 26.2 Å². The summed E-state index contributed by atoms with van der Waals surface area (Å²) in [7, 11) is 2.67. The van der Waals surface area contributed by atoms with Gasteiger partial charge < -0.3 is 9.64 Å². The van der Waals surface area contributed by atoms with Crippen molar-refractivity contribution in [3.8, 4) is 0 Å². The lowest BCUT2D eigenvalue weighted by molar-refractivity contribution is -0.117. The molecule has 0 aromatic heterocycles. The quantitative estimate of drug-likeness (QED) is 0.612. The molecule has 0 aliphatic carbocycles. The molecule has 1 aliphatic heterocycles. The Morgan fingerprint density at radius 2 is 2.10 bits per heavy atom. The minimum absolute atomic E-state index is 0.102. The highest BCUT2D eigenvalue weighted by atomic mass is 35.7. The fourth-order valence-corrected chi connectivity index (χ4v) is 3.31. The number of amides is 1. The SMILES string of the molecule is COC(=O)c1ccc(Cl)c(N2CC(S(=O)(=O)Cl)CC2=O)c1. The van der Waals surface area contributed by atoms with Crippen molar-refractivity contribution in [2.75, 3.05) is 18.6 Å². The molecular weight excluding hydrogens is 341 g/mol. The molecule has 9 heteroatoms. The van der Waals surface area contributed by atoms with Crippen LogP contribution in [0.3, 0.4) is 0 Å². The number of hydrogen-bond donors (Lipinski definition) is 0. The third-order valence-corrected chi connectivity index (χ3v) is 5.33. The maximum Gasteiger partial charge on any atom is 0.337 e. The van der Waals surface area contributed by atoms with Crippen LogP contribution in [-0.2, 0) is 18.6 Å². The van der Waals surface area contributed by atoms with E-state index in [1.807, 2.05) is 0 Å². The van der Waals surface area contributed by atoms with Crippen LogP contribution in [0.15, 0.2) is 18.2 Å². The number of halogens is 2. The number of carbonyl (C=O) groups is 2. The maximum atomic E-state index is 12.0. The molecular formula is C12H11Cl2NO5S. The van der Waals surface area contributed by atoms with Gasteiger partial charge in [-0.15, -0.1) is 0 Å². The minimum Gasteiger partial charge on any atom is -0.465 e. The number of methoxy groups -OCH3 is 1. The topological polar surface area (TPSA) is 80.8 Å². The van der Waals surface area contributed by atoms with Crippen LogP contribution in [0.1, 0.15) is 16.8 Å². The zero-order valence-corrected chi connectivity index (χ0v) is 13.2. The highest BCUT2D eigenvalue weighted by Crippen LogP contribution is 2.32. The monoisotopic (exact) mass is 351 g/mol. The zero-order valence-electron chi connectivity index (χ0n) is 10.9. The van der Waals surface area contributed by atoms with Gasteiger partial charge in [0.1, 0.15) is 5.25 Å². The van der Waals surface area contributed by atoms with Crippen molar-refractivity contribution >= 4 is 48.9 Å². The van der Waals surface area contributed by atoms with Crippen LogP contribution in [0.5, 0.6) is 0 Å². The van der Waals surface area contributed by atoms with Crippen LogP contribution in [0.4, 0.5) is 5.69 Å². The molecule has 1 unspecified atom stereocenters. The molecule has 0 saturated carbocycles. The van der Waals surface area contributed by atoms with E-state index in [2.05, 4.69) is 4.74 Å². The van der Waals surface area contributed by atoms with E-state index in [-0.39, 0.29) is 29.2 Å². The van der Waals surface area contributed by atoms with Gasteiger partial charge in [-0.1, -0.05) is 11.6 Å². The lowest BCUT2D eigenvalue weighted by Gasteiger charge is -2.18. The largest absolute Gasteiger partial charge is 0.465 e. The summed E-state index contributed by atoms with van der Waals surface area (Å²) < 4.78 is 27.3. The molecule has 1 aromatic rings. The first-order valence-corrected chi connectivity index (χ1v) is 8.60. The lowest BCUT2D eigenvalue weighted by atomic mass is 10.2. The first kappa shape index (κ1) is 16.1. The molecule has 1 aliphatic rings. The first-order chi connectivity index (χ1) is 9.74. The van der Waals surface area contributed by atoms with E-state index in [0.717, 1.165) is 0 Å². The van der Waals surface area contributed by atoms with Crippen molar-refractivity contribution in [1.82, 2.24) is 0 Å². The molecule has 1 fully saturated rings. The molecule has 0 radical (unpaired) electrons. The molecule has 1 aromatic carbocycles. The number of carbonyl (C=O) groups excluding carboxylic acids is 2. The van der Waals surface area contributed by atoms with Gasteiger partial charge >= 0.3 is 5.97 Å². The van der Waals surface area contributed by atoms with Gasteiger partial charge in [0.05, 0.1) is 23.4 Å². The summed E-state index contributed by atoms with van der Waals surface area (Å²) in [5.41, 5.74) is 0.467. The van der Waals surface area contributed by atoms with Gasteiger partial charge in [-0.3, -0.25) is 4.79 Å². The molecule has 1 amide bonds. The number of anilines is 1. The Morgan fingerprint density at radius 3 is 2.62 bits per heavy atom. The van der Waals surface area contributed by atoms with E-state index in [1.54, 1.807) is 0 Å². The van der Waals surface area contributed by atoms with Crippen LogP contribution in [0, 0.1) is 0 Å². The Morgan fingerprint density at radius 1 is 1.43 bits per heavy atom. The molecule has 1 saturated heterocycles. The van der Waals surface area contributed by atoms with Crippen LogP contribution >= 0.6 is 22.3 Å². The van der Waals surface area contributed by atoms with E-state index in [0.29, 0.717) is 0 Å². The Labute approximate surface area is 131 Å². The summed E-state index contributed by atoms with van der Waals surface area (Å²) in [4.78, 5) is 24.7. The highest BCUT2D eigenvalue weighted by Gasteiger charge is 2.38. The van der Waals surface area contributed by atoms with Gasteiger partial charge in [-0.05, 0) is 18.2 Å². The normalized spacial score (nSPS) is 18.9. The second-order valence-corrected chi connectivity index (χ2v) is 7.78. The third kappa shape index (κ3) is 3.30. The van der Waals surface area contributed by atoms with E-state index >= 15 is 0 Å². The van der Waals surface area contributed by atoms with Crippen LogP contribution in [0.2, 0.25) is 5.02 Å². The summed E-state index contributed by atoms with van der Waals surface area (Å²) in [5, 5.41) is -0.770. The Bertz CT molecular complexity index is 704.